The predicted molar refractivity (Wildman–Crippen MR) is 96.6 cm³/mol. The van der Waals surface area contributed by atoms with Crippen LogP contribution in [-0.2, 0) is 11.2 Å². The van der Waals surface area contributed by atoms with Crippen LogP contribution in [0.15, 0.2) is 42.6 Å². The molecule has 6 nitrogen and oxygen atoms in total. The third-order valence-electron chi connectivity index (χ3n) is 4.92. The summed E-state index contributed by atoms with van der Waals surface area (Å²) in [5.74, 6) is 0.841. The zero-order valence-electron chi connectivity index (χ0n) is 14.6. The summed E-state index contributed by atoms with van der Waals surface area (Å²) in [6, 6.07) is 10.9. The number of nitrogens with one attached hydrogen (secondary N) is 1. The first-order valence-electron chi connectivity index (χ1n) is 9.18. The molecule has 1 unspecified atom stereocenters. The molecule has 1 atom stereocenters. The minimum absolute atomic E-state index is 0.101. The summed E-state index contributed by atoms with van der Waals surface area (Å²) in [6.07, 6.45) is 5.06. The van der Waals surface area contributed by atoms with Crippen molar-refractivity contribution in [2.45, 2.75) is 37.6 Å². The number of carbonyl (C=O) groups is 2. The van der Waals surface area contributed by atoms with Crippen LogP contribution in [0.4, 0.5) is 0 Å². The first-order valence-corrected chi connectivity index (χ1v) is 9.18. The van der Waals surface area contributed by atoms with Crippen molar-refractivity contribution in [2.24, 2.45) is 0 Å². The Morgan fingerprint density at radius 3 is 2.77 bits per heavy atom. The minimum atomic E-state index is -0.522. The van der Waals surface area contributed by atoms with E-state index in [1.54, 1.807) is 17.2 Å². The molecule has 0 bridgehead atoms. The summed E-state index contributed by atoms with van der Waals surface area (Å²) in [5, 5.41) is 2.93. The van der Waals surface area contributed by atoms with Crippen molar-refractivity contribution < 1.29 is 9.59 Å². The van der Waals surface area contributed by atoms with Crippen LogP contribution in [-0.4, -0.2) is 45.8 Å². The molecular weight excluding hydrogens is 328 g/mol. The van der Waals surface area contributed by atoms with E-state index in [0.29, 0.717) is 31.1 Å². The molecule has 1 aromatic heterocycles. The maximum absolute atomic E-state index is 13.1. The summed E-state index contributed by atoms with van der Waals surface area (Å²) in [4.78, 5) is 36.2. The maximum atomic E-state index is 13.1. The minimum Gasteiger partial charge on any atom is -0.354 e. The quantitative estimate of drug-likeness (QED) is 0.914. The average molecular weight is 350 g/mol. The second kappa shape index (κ2) is 7.23. The fourth-order valence-electron chi connectivity index (χ4n) is 3.34. The smallest absolute Gasteiger partial charge is 0.273 e. The average Bonchev–Trinajstić information content (AvgIpc) is 3.52. The molecule has 1 aliphatic heterocycles. The van der Waals surface area contributed by atoms with E-state index in [-0.39, 0.29) is 11.8 Å². The fraction of sp³-hybridized carbons (Fsp3) is 0.400. The Bertz CT molecular complexity index is 804. The normalized spacial score (nSPS) is 20.4. The zero-order chi connectivity index (χ0) is 17.9. The van der Waals surface area contributed by atoms with Crippen molar-refractivity contribution in [3.8, 4) is 0 Å². The second-order valence-corrected chi connectivity index (χ2v) is 6.92. The molecular formula is C20H22N4O2. The van der Waals surface area contributed by atoms with E-state index in [9.17, 15) is 9.59 Å². The van der Waals surface area contributed by atoms with E-state index >= 15 is 0 Å². The van der Waals surface area contributed by atoms with Crippen LogP contribution in [0.25, 0.3) is 0 Å². The van der Waals surface area contributed by atoms with Crippen molar-refractivity contribution in [1.29, 1.82) is 0 Å². The lowest BCUT2D eigenvalue weighted by atomic mass is 10.0. The van der Waals surface area contributed by atoms with Gasteiger partial charge in [0.15, 0.2) is 0 Å². The first kappa shape index (κ1) is 16.7. The van der Waals surface area contributed by atoms with Crippen LogP contribution in [0, 0.1) is 0 Å². The molecule has 26 heavy (non-hydrogen) atoms. The topological polar surface area (TPSA) is 75.2 Å². The van der Waals surface area contributed by atoms with Gasteiger partial charge in [0.1, 0.15) is 17.6 Å². The van der Waals surface area contributed by atoms with Gasteiger partial charge in [0.05, 0.1) is 0 Å². The Balaban J connectivity index is 1.61. The third kappa shape index (κ3) is 3.59. The number of carbonyl (C=O) groups excluding carboxylic acids is 2. The summed E-state index contributed by atoms with van der Waals surface area (Å²) >= 11 is 0. The number of aromatic nitrogens is 2. The van der Waals surface area contributed by atoms with Crippen LogP contribution >= 0.6 is 0 Å². The molecule has 2 heterocycles. The number of benzene rings is 1. The molecule has 0 radical (unpaired) electrons. The van der Waals surface area contributed by atoms with Gasteiger partial charge in [-0.05, 0) is 30.9 Å². The molecule has 1 saturated carbocycles. The fourth-order valence-corrected chi connectivity index (χ4v) is 3.34. The monoisotopic (exact) mass is 350 g/mol. The Labute approximate surface area is 152 Å². The molecule has 0 spiro atoms. The molecule has 2 aliphatic rings. The van der Waals surface area contributed by atoms with E-state index < -0.39 is 6.04 Å². The molecule has 2 amide bonds. The van der Waals surface area contributed by atoms with Crippen molar-refractivity contribution in [3.63, 3.8) is 0 Å². The Morgan fingerprint density at radius 1 is 1.19 bits per heavy atom. The Morgan fingerprint density at radius 2 is 2.00 bits per heavy atom. The maximum Gasteiger partial charge on any atom is 0.273 e. The van der Waals surface area contributed by atoms with Crippen molar-refractivity contribution in [3.05, 3.63) is 59.7 Å². The zero-order valence-corrected chi connectivity index (χ0v) is 14.6. The van der Waals surface area contributed by atoms with Crippen LogP contribution < -0.4 is 5.32 Å². The highest BCUT2D eigenvalue weighted by Gasteiger charge is 2.34. The van der Waals surface area contributed by atoms with E-state index in [1.807, 2.05) is 30.3 Å². The molecule has 2 aromatic rings. The number of hydrogen-bond acceptors (Lipinski definition) is 4. The van der Waals surface area contributed by atoms with E-state index in [1.165, 1.54) is 0 Å². The van der Waals surface area contributed by atoms with Gasteiger partial charge in [0, 0.05) is 31.6 Å². The molecule has 1 aromatic carbocycles. The molecule has 134 valence electrons. The van der Waals surface area contributed by atoms with Gasteiger partial charge in [-0.3, -0.25) is 9.59 Å². The van der Waals surface area contributed by atoms with Gasteiger partial charge in [-0.25, -0.2) is 9.97 Å². The van der Waals surface area contributed by atoms with Gasteiger partial charge in [0.2, 0.25) is 5.91 Å². The standard InChI is InChI=1S/C20H22N4O2/c25-19-17(13-14-5-2-1-3-6-14)24(12-4-10-22-19)20(26)16-9-11-21-18(23-16)15-7-8-15/h1-3,5-6,9,11,15,17H,4,7-8,10,12-13H2,(H,22,25). The third-order valence-corrected chi connectivity index (χ3v) is 4.92. The molecule has 6 heteroatoms. The molecule has 1 N–H and O–H groups in total. The highest BCUT2D eigenvalue weighted by molar-refractivity contribution is 5.96. The lowest BCUT2D eigenvalue weighted by Gasteiger charge is -2.28. The summed E-state index contributed by atoms with van der Waals surface area (Å²) in [5.41, 5.74) is 1.42. The van der Waals surface area contributed by atoms with Crippen LogP contribution in [0.3, 0.4) is 0 Å². The van der Waals surface area contributed by atoms with E-state index in [0.717, 1.165) is 30.7 Å². The number of amides is 2. The second-order valence-electron chi connectivity index (χ2n) is 6.92. The summed E-state index contributed by atoms with van der Waals surface area (Å²) in [6.45, 7) is 1.13. The number of nitrogens with zero attached hydrogens (tertiary/aromatic N) is 3. The van der Waals surface area contributed by atoms with Gasteiger partial charge >= 0.3 is 0 Å². The Hall–Kier alpha value is -2.76. The van der Waals surface area contributed by atoms with Gasteiger partial charge in [-0.2, -0.15) is 0 Å². The van der Waals surface area contributed by atoms with E-state index in [4.69, 9.17) is 0 Å². The van der Waals surface area contributed by atoms with Crippen LogP contribution in [0.1, 0.15) is 47.1 Å². The molecule has 1 aliphatic carbocycles. The van der Waals surface area contributed by atoms with Gasteiger partial charge in [0.25, 0.3) is 5.91 Å². The summed E-state index contributed by atoms with van der Waals surface area (Å²) < 4.78 is 0. The SMILES string of the molecule is O=C1NCCCN(C(=O)c2ccnc(C3CC3)n2)C1Cc1ccccc1. The van der Waals surface area contributed by atoms with Gasteiger partial charge in [-0.15, -0.1) is 0 Å². The lowest BCUT2D eigenvalue weighted by Crippen LogP contribution is -2.48. The molecule has 2 fully saturated rings. The first-order chi connectivity index (χ1) is 12.7. The molecule has 4 rings (SSSR count). The Kier molecular flexibility index (Phi) is 4.65. The van der Waals surface area contributed by atoms with Crippen molar-refractivity contribution >= 4 is 11.8 Å². The van der Waals surface area contributed by atoms with E-state index in [2.05, 4.69) is 15.3 Å². The summed E-state index contributed by atoms with van der Waals surface area (Å²) in [7, 11) is 0. The lowest BCUT2D eigenvalue weighted by molar-refractivity contribution is -0.124. The number of hydrogen-bond donors (Lipinski definition) is 1. The predicted octanol–water partition coefficient (Wildman–Crippen LogP) is 1.93. The van der Waals surface area contributed by atoms with Crippen LogP contribution in [0.5, 0.6) is 0 Å². The number of rotatable bonds is 4. The highest BCUT2D eigenvalue weighted by atomic mass is 16.2. The van der Waals surface area contributed by atoms with Crippen molar-refractivity contribution in [2.75, 3.05) is 13.1 Å². The van der Waals surface area contributed by atoms with Gasteiger partial charge in [-0.1, -0.05) is 30.3 Å². The van der Waals surface area contributed by atoms with Gasteiger partial charge < -0.3 is 10.2 Å². The van der Waals surface area contributed by atoms with Crippen molar-refractivity contribution in [1.82, 2.24) is 20.2 Å². The van der Waals surface area contributed by atoms with Crippen LogP contribution in [0.2, 0.25) is 0 Å². The molecule has 1 saturated heterocycles. The highest BCUT2D eigenvalue weighted by Crippen LogP contribution is 2.37. The largest absolute Gasteiger partial charge is 0.354 e.